The number of benzene rings is 2. The Hall–Kier alpha value is -4.05. The van der Waals surface area contributed by atoms with Crippen molar-refractivity contribution < 1.29 is 23.4 Å². The Labute approximate surface area is 199 Å². The molecule has 1 amide bonds. The molecule has 2 aromatic carbocycles. The smallest absolute Gasteiger partial charge is 0.227 e. The summed E-state index contributed by atoms with van der Waals surface area (Å²) >= 11 is 0. The van der Waals surface area contributed by atoms with E-state index in [9.17, 15) is 18.7 Å². The lowest BCUT2D eigenvalue weighted by Gasteiger charge is -2.33. The van der Waals surface area contributed by atoms with E-state index >= 15 is 0 Å². The van der Waals surface area contributed by atoms with Crippen LogP contribution in [0.5, 0.6) is 5.88 Å². The summed E-state index contributed by atoms with van der Waals surface area (Å²) in [4.78, 5) is 25.7. The van der Waals surface area contributed by atoms with Crippen molar-refractivity contribution in [3.63, 3.8) is 0 Å². The van der Waals surface area contributed by atoms with Crippen molar-refractivity contribution in [3.05, 3.63) is 65.9 Å². The summed E-state index contributed by atoms with van der Waals surface area (Å²) in [6.45, 7) is 3.61. The van der Waals surface area contributed by atoms with Crippen molar-refractivity contribution in [1.82, 2.24) is 19.9 Å². The van der Waals surface area contributed by atoms with E-state index in [1.165, 1.54) is 12.3 Å². The molecular weight excluding hydrogens is 456 g/mol. The number of carbonyl (C=O) groups is 1. The fourth-order valence-electron chi connectivity index (χ4n) is 4.16. The van der Waals surface area contributed by atoms with Crippen molar-refractivity contribution in [3.8, 4) is 17.3 Å². The zero-order valence-corrected chi connectivity index (χ0v) is 18.9. The first kappa shape index (κ1) is 22.7. The number of hydrogen-bond acceptors (Lipinski definition) is 6. The fourth-order valence-corrected chi connectivity index (χ4v) is 4.16. The molecule has 4 aromatic rings. The van der Waals surface area contributed by atoms with E-state index in [2.05, 4.69) is 20.3 Å². The Bertz CT molecular complexity index is 1370. The highest BCUT2D eigenvalue weighted by molar-refractivity contribution is 5.96. The molecule has 2 aromatic heterocycles. The lowest BCUT2D eigenvalue weighted by Crippen LogP contribution is -2.47. The van der Waals surface area contributed by atoms with Gasteiger partial charge in [-0.3, -0.25) is 4.79 Å². The van der Waals surface area contributed by atoms with Crippen LogP contribution < -0.4 is 5.32 Å². The number of rotatable bonds is 5. The quantitative estimate of drug-likeness (QED) is 0.398. The van der Waals surface area contributed by atoms with Crippen molar-refractivity contribution >= 4 is 28.3 Å². The first-order chi connectivity index (χ1) is 16.9. The summed E-state index contributed by atoms with van der Waals surface area (Å²) in [6, 6.07) is 10.7. The number of aromatic hydroxyl groups is 1. The minimum absolute atomic E-state index is 0.0350. The largest absolute Gasteiger partial charge is 0.494 e. The van der Waals surface area contributed by atoms with Crippen molar-refractivity contribution in [2.75, 3.05) is 25.1 Å². The average Bonchev–Trinajstić information content (AvgIpc) is 3.21. The lowest BCUT2D eigenvalue weighted by molar-refractivity contribution is -0.138. The molecule has 1 saturated heterocycles. The van der Waals surface area contributed by atoms with Crippen LogP contribution in [-0.2, 0) is 16.0 Å². The van der Waals surface area contributed by atoms with Crippen molar-refractivity contribution in [2.24, 2.45) is 0 Å². The van der Waals surface area contributed by atoms with Crippen LogP contribution >= 0.6 is 0 Å². The molecule has 0 bridgehead atoms. The molecule has 8 nitrogen and oxygen atoms in total. The van der Waals surface area contributed by atoms with Gasteiger partial charge in [-0.05, 0) is 36.8 Å². The number of H-pyrrole nitrogens is 1. The van der Waals surface area contributed by atoms with Gasteiger partial charge in [-0.25, -0.2) is 18.7 Å². The lowest BCUT2D eigenvalue weighted by atomic mass is 10.1. The summed E-state index contributed by atoms with van der Waals surface area (Å²) in [5, 5.41) is 13.6. The van der Waals surface area contributed by atoms with Gasteiger partial charge in [0.2, 0.25) is 11.8 Å². The number of amides is 1. The third-order valence-corrected chi connectivity index (χ3v) is 5.97. The van der Waals surface area contributed by atoms with Crippen LogP contribution in [0, 0.1) is 11.6 Å². The Morgan fingerprint density at radius 1 is 1.20 bits per heavy atom. The normalized spacial score (nSPS) is 16.0. The highest BCUT2D eigenvalue weighted by Crippen LogP contribution is 2.34. The molecule has 3 N–H and O–H groups in total. The number of morpholine rings is 1. The van der Waals surface area contributed by atoms with Gasteiger partial charge in [-0.1, -0.05) is 18.2 Å². The van der Waals surface area contributed by atoms with E-state index in [0.29, 0.717) is 31.0 Å². The highest BCUT2D eigenvalue weighted by Gasteiger charge is 2.24. The zero-order valence-electron chi connectivity index (χ0n) is 18.9. The summed E-state index contributed by atoms with van der Waals surface area (Å²) < 4.78 is 34.1. The number of nitrogens with zero attached hydrogens (tertiary/aromatic N) is 3. The third-order valence-electron chi connectivity index (χ3n) is 5.97. The minimum Gasteiger partial charge on any atom is -0.494 e. The number of carbonyl (C=O) groups excluding carboxylic acids is 1. The Morgan fingerprint density at radius 2 is 1.94 bits per heavy atom. The highest BCUT2D eigenvalue weighted by atomic mass is 19.1. The summed E-state index contributed by atoms with van der Waals surface area (Å²) in [7, 11) is 0. The van der Waals surface area contributed by atoms with Crippen LogP contribution in [0.3, 0.4) is 0 Å². The number of fused-ring (bicyclic) bond motifs is 1. The van der Waals surface area contributed by atoms with Crippen molar-refractivity contribution in [1.29, 1.82) is 0 Å². The Balaban J connectivity index is 1.41. The molecule has 3 heterocycles. The molecule has 1 fully saturated rings. The number of halogens is 2. The molecule has 1 aliphatic heterocycles. The first-order valence-electron chi connectivity index (χ1n) is 11.2. The second-order valence-electron chi connectivity index (χ2n) is 8.40. The molecule has 180 valence electrons. The van der Waals surface area contributed by atoms with Crippen LogP contribution in [0.1, 0.15) is 12.5 Å². The topological polar surface area (TPSA) is 103 Å². The van der Waals surface area contributed by atoms with Gasteiger partial charge >= 0.3 is 0 Å². The molecule has 1 unspecified atom stereocenters. The fraction of sp³-hybridized carbons (Fsp3) is 0.240. The second kappa shape index (κ2) is 9.30. The van der Waals surface area contributed by atoms with Crippen LogP contribution in [0.25, 0.3) is 22.3 Å². The first-order valence-corrected chi connectivity index (χ1v) is 11.2. The number of anilines is 2. The molecule has 10 heteroatoms. The van der Waals surface area contributed by atoms with Crippen LogP contribution in [0.4, 0.5) is 20.3 Å². The predicted molar refractivity (Wildman–Crippen MR) is 126 cm³/mol. The maximum atomic E-state index is 14.4. The summed E-state index contributed by atoms with van der Waals surface area (Å²) in [5.41, 5.74) is 1.39. The van der Waals surface area contributed by atoms with Crippen LogP contribution in [0.2, 0.25) is 0 Å². The molecular formula is C25H23F2N5O3. The van der Waals surface area contributed by atoms with Gasteiger partial charge in [0, 0.05) is 18.4 Å². The monoisotopic (exact) mass is 479 g/mol. The van der Waals surface area contributed by atoms with E-state index < -0.39 is 11.6 Å². The molecule has 0 aliphatic carbocycles. The van der Waals surface area contributed by atoms with E-state index in [0.717, 1.165) is 17.7 Å². The Kier molecular flexibility index (Phi) is 6.04. The standard InChI is InChI=1S/C25H23F2N5O3/c1-14-13-35-10-9-32(14)20(33)11-15-5-7-16(8-6-15)29-24-22-19(12-28-25(22)34)30-23(31-24)21-17(26)3-2-4-18(21)27/h2-8,12,14,28,34H,9-11,13H2,1H3,(H,29,30,31). The minimum atomic E-state index is -0.793. The Morgan fingerprint density at radius 3 is 2.66 bits per heavy atom. The maximum absolute atomic E-state index is 14.4. The predicted octanol–water partition coefficient (Wildman–Crippen LogP) is 4.14. The number of aromatic nitrogens is 3. The number of ether oxygens (including phenoxy) is 1. The maximum Gasteiger partial charge on any atom is 0.227 e. The van der Waals surface area contributed by atoms with E-state index in [4.69, 9.17) is 4.74 Å². The van der Waals surface area contributed by atoms with Gasteiger partial charge in [-0.15, -0.1) is 0 Å². The summed E-state index contributed by atoms with van der Waals surface area (Å²) in [5.74, 6) is -1.70. The number of aromatic amines is 1. The third kappa shape index (κ3) is 4.52. The number of nitrogens with one attached hydrogen (secondary N) is 2. The van der Waals surface area contributed by atoms with Gasteiger partial charge in [0.15, 0.2) is 5.82 Å². The van der Waals surface area contributed by atoms with Crippen molar-refractivity contribution in [2.45, 2.75) is 19.4 Å². The van der Waals surface area contributed by atoms with Gasteiger partial charge in [0.05, 0.1) is 36.8 Å². The van der Waals surface area contributed by atoms with Crippen LogP contribution in [-0.4, -0.2) is 56.7 Å². The molecule has 0 saturated carbocycles. The molecule has 1 atom stereocenters. The number of hydrogen-bond donors (Lipinski definition) is 3. The van der Waals surface area contributed by atoms with E-state index in [1.807, 2.05) is 24.0 Å². The van der Waals surface area contributed by atoms with E-state index in [-0.39, 0.29) is 46.8 Å². The van der Waals surface area contributed by atoms with Gasteiger partial charge in [0.1, 0.15) is 22.8 Å². The SMILES string of the molecule is CC1COCCN1C(=O)Cc1ccc(Nc2nc(-c3c(F)cccc3F)nc3c[nH]c(O)c23)cc1. The molecule has 1 aliphatic rings. The average molecular weight is 479 g/mol. The van der Waals surface area contributed by atoms with Gasteiger partial charge < -0.3 is 25.0 Å². The molecule has 5 rings (SSSR count). The molecule has 0 radical (unpaired) electrons. The van der Waals surface area contributed by atoms with Crippen LogP contribution in [0.15, 0.2) is 48.7 Å². The van der Waals surface area contributed by atoms with Gasteiger partial charge in [0.25, 0.3) is 0 Å². The van der Waals surface area contributed by atoms with Gasteiger partial charge in [-0.2, -0.15) is 0 Å². The molecule has 35 heavy (non-hydrogen) atoms. The summed E-state index contributed by atoms with van der Waals surface area (Å²) in [6.07, 6.45) is 1.69. The molecule has 0 spiro atoms. The second-order valence-corrected chi connectivity index (χ2v) is 8.40. The zero-order chi connectivity index (χ0) is 24.5. The van der Waals surface area contributed by atoms with E-state index in [1.54, 1.807) is 12.1 Å².